The Morgan fingerprint density at radius 2 is 2.24 bits per heavy atom. The molecule has 0 radical (unpaired) electrons. The molecule has 21 heavy (non-hydrogen) atoms. The molecule has 3 heterocycles. The maximum atomic E-state index is 12.1. The van der Waals surface area contributed by atoms with Crippen molar-refractivity contribution in [2.75, 3.05) is 37.0 Å². The molecule has 2 aliphatic heterocycles. The number of carbonyl (C=O) groups excluding carboxylic acids is 1. The van der Waals surface area contributed by atoms with Crippen molar-refractivity contribution in [3.8, 4) is 0 Å². The highest BCUT2D eigenvalue weighted by Gasteiger charge is 2.29. The van der Waals surface area contributed by atoms with Gasteiger partial charge in [-0.05, 0) is 31.4 Å². The normalized spacial score (nSPS) is 25.3. The molecule has 114 valence electrons. The number of rotatable bonds is 4. The van der Waals surface area contributed by atoms with Crippen LogP contribution in [0.3, 0.4) is 0 Å². The molecule has 2 saturated heterocycles. The molecule has 2 unspecified atom stereocenters. The van der Waals surface area contributed by atoms with Crippen LogP contribution in [0.5, 0.6) is 0 Å². The van der Waals surface area contributed by atoms with Gasteiger partial charge in [-0.2, -0.15) is 0 Å². The Hall–Kier alpha value is -1.66. The monoisotopic (exact) mass is 290 g/mol. The van der Waals surface area contributed by atoms with Gasteiger partial charge >= 0.3 is 0 Å². The lowest BCUT2D eigenvalue weighted by atomic mass is 10.2. The Bertz CT molecular complexity index is 485. The lowest BCUT2D eigenvalue weighted by molar-refractivity contribution is -0.118. The fourth-order valence-electron chi connectivity index (χ4n) is 2.91. The summed E-state index contributed by atoms with van der Waals surface area (Å²) in [6.45, 7) is 2.87. The van der Waals surface area contributed by atoms with E-state index in [-0.39, 0.29) is 18.1 Å². The van der Waals surface area contributed by atoms with Crippen molar-refractivity contribution in [1.29, 1.82) is 0 Å². The lowest BCUT2D eigenvalue weighted by Gasteiger charge is -2.17. The van der Waals surface area contributed by atoms with Crippen molar-refractivity contribution in [1.82, 2.24) is 10.3 Å². The third-order valence-corrected chi connectivity index (χ3v) is 4.19. The zero-order chi connectivity index (χ0) is 14.7. The number of pyridine rings is 1. The third-order valence-electron chi connectivity index (χ3n) is 4.19. The van der Waals surface area contributed by atoms with E-state index >= 15 is 0 Å². The predicted octanol–water partition coefficient (Wildman–Crippen LogP) is 0.997. The van der Waals surface area contributed by atoms with Crippen molar-refractivity contribution in [3.05, 3.63) is 18.3 Å². The number of hydrogen-bond acceptors (Lipinski definition) is 5. The average Bonchev–Trinajstić information content (AvgIpc) is 3.19. The average molecular weight is 290 g/mol. The minimum absolute atomic E-state index is 0.0229. The molecule has 6 nitrogen and oxygen atoms in total. The van der Waals surface area contributed by atoms with Crippen molar-refractivity contribution < 1.29 is 9.53 Å². The van der Waals surface area contributed by atoms with E-state index in [1.54, 1.807) is 13.3 Å². The highest BCUT2D eigenvalue weighted by atomic mass is 16.5. The van der Waals surface area contributed by atoms with Crippen LogP contribution in [0.2, 0.25) is 0 Å². The van der Waals surface area contributed by atoms with E-state index in [0.29, 0.717) is 6.42 Å². The quantitative estimate of drug-likeness (QED) is 0.866. The van der Waals surface area contributed by atoms with Crippen LogP contribution < -0.4 is 15.5 Å². The van der Waals surface area contributed by atoms with Gasteiger partial charge in [-0.15, -0.1) is 0 Å². The number of anilines is 2. The minimum Gasteiger partial charge on any atom is -0.380 e. The summed E-state index contributed by atoms with van der Waals surface area (Å²) in [5.41, 5.74) is 0.741. The van der Waals surface area contributed by atoms with E-state index in [9.17, 15) is 4.79 Å². The third kappa shape index (κ3) is 3.33. The number of nitrogens with zero attached hydrogens (tertiary/aromatic N) is 2. The highest BCUT2D eigenvalue weighted by molar-refractivity contribution is 5.95. The number of methoxy groups -OCH3 is 1. The maximum Gasteiger partial charge on any atom is 0.241 e. The van der Waals surface area contributed by atoms with E-state index in [2.05, 4.69) is 20.5 Å². The SMILES string of the molecule is COC1CNC(C(=O)Nc2ccc(N3CCCC3)nc2)C1. The summed E-state index contributed by atoms with van der Waals surface area (Å²) in [4.78, 5) is 18.9. The van der Waals surface area contributed by atoms with Gasteiger partial charge in [0, 0.05) is 26.7 Å². The topological polar surface area (TPSA) is 66.5 Å². The van der Waals surface area contributed by atoms with Crippen molar-refractivity contribution in [2.45, 2.75) is 31.4 Å². The molecular formula is C15H22N4O2. The molecule has 2 aliphatic rings. The van der Waals surface area contributed by atoms with Gasteiger partial charge in [0.1, 0.15) is 5.82 Å². The summed E-state index contributed by atoms with van der Waals surface area (Å²) in [6, 6.07) is 3.70. The molecule has 1 amide bonds. The van der Waals surface area contributed by atoms with E-state index in [0.717, 1.165) is 31.1 Å². The lowest BCUT2D eigenvalue weighted by Crippen LogP contribution is -2.35. The van der Waals surface area contributed by atoms with Gasteiger partial charge in [0.25, 0.3) is 0 Å². The van der Waals surface area contributed by atoms with Crippen LogP contribution in [0.1, 0.15) is 19.3 Å². The molecule has 0 spiro atoms. The van der Waals surface area contributed by atoms with Crippen LogP contribution in [0.25, 0.3) is 0 Å². The van der Waals surface area contributed by atoms with Crippen LogP contribution in [-0.4, -0.2) is 49.8 Å². The summed E-state index contributed by atoms with van der Waals surface area (Å²) in [7, 11) is 1.67. The van der Waals surface area contributed by atoms with Crippen molar-refractivity contribution >= 4 is 17.4 Å². The summed E-state index contributed by atoms with van der Waals surface area (Å²) in [6.07, 6.45) is 5.02. The number of aromatic nitrogens is 1. The Labute approximate surface area is 124 Å². The smallest absolute Gasteiger partial charge is 0.241 e. The molecule has 1 aromatic rings. The van der Waals surface area contributed by atoms with Gasteiger partial charge in [0.2, 0.25) is 5.91 Å². The summed E-state index contributed by atoms with van der Waals surface area (Å²) < 4.78 is 5.25. The number of hydrogen-bond donors (Lipinski definition) is 2. The molecule has 0 aromatic carbocycles. The van der Waals surface area contributed by atoms with Crippen LogP contribution in [0.15, 0.2) is 18.3 Å². The predicted molar refractivity (Wildman–Crippen MR) is 81.5 cm³/mol. The van der Waals surface area contributed by atoms with Gasteiger partial charge in [0.15, 0.2) is 0 Å². The van der Waals surface area contributed by atoms with Crippen LogP contribution in [0.4, 0.5) is 11.5 Å². The number of ether oxygens (including phenoxy) is 1. The maximum absolute atomic E-state index is 12.1. The van der Waals surface area contributed by atoms with Gasteiger partial charge in [-0.1, -0.05) is 0 Å². The van der Waals surface area contributed by atoms with Crippen LogP contribution in [-0.2, 0) is 9.53 Å². The van der Waals surface area contributed by atoms with E-state index in [1.165, 1.54) is 12.8 Å². The first-order valence-corrected chi connectivity index (χ1v) is 7.54. The second-order valence-corrected chi connectivity index (χ2v) is 5.64. The Balaban J connectivity index is 1.56. The second kappa shape index (κ2) is 6.41. The van der Waals surface area contributed by atoms with Gasteiger partial charge in [-0.3, -0.25) is 4.79 Å². The first kappa shape index (κ1) is 14.3. The van der Waals surface area contributed by atoms with Crippen molar-refractivity contribution in [3.63, 3.8) is 0 Å². The zero-order valence-electron chi connectivity index (χ0n) is 12.3. The van der Waals surface area contributed by atoms with Crippen LogP contribution in [0, 0.1) is 0 Å². The molecule has 2 atom stereocenters. The van der Waals surface area contributed by atoms with Gasteiger partial charge in [0.05, 0.1) is 24.0 Å². The zero-order valence-corrected chi connectivity index (χ0v) is 12.3. The number of nitrogens with one attached hydrogen (secondary N) is 2. The summed E-state index contributed by atoms with van der Waals surface area (Å²) in [5.74, 6) is 0.967. The fraction of sp³-hybridized carbons (Fsp3) is 0.600. The Kier molecular flexibility index (Phi) is 4.36. The molecule has 2 fully saturated rings. The van der Waals surface area contributed by atoms with Crippen molar-refractivity contribution in [2.24, 2.45) is 0 Å². The van der Waals surface area contributed by atoms with E-state index in [4.69, 9.17) is 4.74 Å². The molecule has 1 aromatic heterocycles. The Morgan fingerprint density at radius 1 is 1.43 bits per heavy atom. The van der Waals surface area contributed by atoms with Gasteiger partial charge in [-0.25, -0.2) is 4.98 Å². The van der Waals surface area contributed by atoms with E-state index < -0.39 is 0 Å². The first-order valence-electron chi connectivity index (χ1n) is 7.54. The second-order valence-electron chi connectivity index (χ2n) is 5.64. The number of carbonyl (C=O) groups is 1. The molecule has 0 bridgehead atoms. The molecule has 6 heteroatoms. The fourth-order valence-corrected chi connectivity index (χ4v) is 2.91. The molecule has 0 aliphatic carbocycles. The molecule has 3 rings (SSSR count). The molecule has 2 N–H and O–H groups in total. The van der Waals surface area contributed by atoms with E-state index in [1.807, 2.05) is 12.1 Å². The standard InChI is InChI=1S/C15H22N4O2/c1-21-12-8-13(16-10-12)15(20)18-11-4-5-14(17-9-11)19-6-2-3-7-19/h4-5,9,12-13,16H,2-3,6-8,10H2,1H3,(H,18,20). The number of amides is 1. The van der Waals surface area contributed by atoms with Crippen LogP contribution >= 0.6 is 0 Å². The summed E-state index contributed by atoms with van der Waals surface area (Å²) >= 11 is 0. The first-order chi connectivity index (χ1) is 10.3. The molecule has 0 saturated carbocycles. The molecular weight excluding hydrogens is 268 g/mol. The summed E-state index contributed by atoms with van der Waals surface area (Å²) in [5, 5.41) is 6.08. The minimum atomic E-state index is -0.187. The van der Waals surface area contributed by atoms with Gasteiger partial charge < -0.3 is 20.3 Å². The highest BCUT2D eigenvalue weighted by Crippen LogP contribution is 2.19. The Morgan fingerprint density at radius 3 is 2.86 bits per heavy atom. The largest absolute Gasteiger partial charge is 0.380 e.